The van der Waals surface area contributed by atoms with E-state index in [1.807, 2.05) is 0 Å². The first-order chi connectivity index (χ1) is 5.87. The zero-order valence-electron chi connectivity index (χ0n) is 7.02. The fourth-order valence-electron chi connectivity index (χ4n) is 0.737. The predicted octanol–water partition coefficient (Wildman–Crippen LogP) is -0.707. The van der Waals surface area contributed by atoms with Gasteiger partial charge in [0, 0.05) is 6.04 Å². The summed E-state index contributed by atoms with van der Waals surface area (Å²) in [4.78, 5) is 10.2. The van der Waals surface area contributed by atoms with Crippen LogP contribution in [0.2, 0.25) is 0 Å². The molecule has 2 N–H and O–H groups in total. The monoisotopic (exact) mass is 206 g/mol. The number of hydrogen-bond acceptors (Lipinski definition) is 4. The summed E-state index contributed by atoms with van der Waals surface area (Å²) in [5.74, 6) is -1.75. The van der Waals surface area contributed by atoms with Crippen molar-refractivity contribution < 1.29 is 18.3 Å². The molecule has 13 heavy (non-hydrogen) atoms. The van der Waals surface area contributed by atoms with Crippen LogP contribution in [0.15, 0.2) is 0 Å². The summed E-state index contributed by atoms with van der Waals surface area (Å²) in [5.41, 5.74) is 0. The molecular weight excluding hydrogens is 196 g/mol. The van der Waals surface area contributed by atoms with Crippen LogP contribution in [0.25, 0.3) is 0 Å². The first-order valence-corrected chi connectivity index (χ1v) is 5.11. The van der Waals surface area contributed by atoms with E-state index in [1.165, 1.54) is 13.0 Å². The van der Waals surface area contributed by atoms with E-state index < -0.39 is 27.8 Å². The summed E-state index contributed by atoms with van der Waals surface area (Å²) in [6, 6.07) is 0.770. The summed E-state index contributed by atoms with van der Waals surface area (Å²) in [6.07, 6.45) is -0.301. The minimum absolute atomic E-state index is 0.301. The molecule has 0 saturated heterocycles. The number of sulfonamides is 1. The zero-order chi connectivity index (χ0) is 10.5. The van der Waals surface area contributed by atoms with Crippen molar-refractivity contribution in [3.05, 3.63) is 0 Å². The second-order valence-electron chi connectivity index (χ2n) is 2.53. The molecule has 0 fully saturated rings. The Bertz CT molecular complexity index is 316. The number of rotatable bonds is 5. The predicted molar refractivity (Wildman–Crippen MR) is 44.3 cm³/mol. The molecule has 1 unspecified atom stereocenters. The number of nitrogens with zero attached hydrogens (tertiary/aromatic N) is 1. The third-order valence-corrected chi connectivity index (χ3v) is 2.39. The summed E-state index contributed by atoms with van der Waals surface area (Å²) in [5, 5.41) is 16.4. The van der Waals surface area contributed by atoms with Gasteiger partial charge in [-0.15, -0.1) is 0 Å². The van der Waals surface area contributed by atoms with Crippen LogP contribution in [0.1, 0.15) is 13.3 Å². The van der Waals surface area contributed by atoms with Crippen LogP contribution in [-0.4, -0.2) is 31.3 Å². The van der Waals surface area contributed by atoms with Gasteiger partial charge in [0.25, 0.3) is 0 Å². The molecular formula is C6H10N2O4S. The first-order valence-electron chi connectivity index (χ1n) is 3.46. The zero-order valence-corrected chi connectivity index (χ0v) is 7.84. The molecule has 0 radical (unpaired) electrons. The fraction of sp³-hybridized carbons (Fsp3) is 0.667. The van der Waals surface area contributed by atoms with Gasteiger partial charge < -0.3 is 5.11 Å². The third-order valence-electron chi connectivity index (χ3n) is 1.12. The van der Waals surface area contributed by atoms with E-state index in [-0.39, 0.29) is 6.42 Å². The molecule has 0 heterocycles. The van der Waals surface area contributed by atoms with Gasteiger partial charge in [0.05, 0.1) is 12.5 Å². The second kappa shape index (κ2) is 4.79. The Labute approximate surface area is 76.2 Å². The van der Waals surface area contributed by atoms with Gasteiger partial charge in [0.15, 0.2) is 5.75 Å². The quantitative estimate of drug-likeness (QED) is 0.618. The van der Waals surface area contributed by atoms with E-state index in [4.69, 9.17) is 10.4 Å². The molecule has 0 amide bonds. The average Bonchev–Trinajstić information content (AvgIpc) is 1.81. The van der Waals surface area contributed by atoms with Gasteiger partial charge in [-0.2, -0.15) is 5.26 Å². The van der Waals surface area contributed by atoms with E-state index >= 15 is 0 Å². The maximum atomic E-state index is 10.9. The highest BCUT2D eigenvalue weighted by molar-refractivity contribution is 7.89. The van der Waals surface area contributed by atoms with Crippen LogP contribution < -0.4 is 4.72 Å². The van der Waals surface area contributed by atoms with Crippen molar-refractivity contribution >= 4 is 16.0 Å². The highest BCUT2D eigenvalue weighted by Gasteiger charge is 2.15. The maximum absolute atomic E-state index is 10.9. The Balaban J connectivity index is 4.14. The van der Waals surface area contributed by atoms with Crippen molar-refractivity contribution in [1.29, 1.82) is 5.26 Å². The van der Waals surface area contributed by atoms with Crippen LogP contribution in [0.5, 0.6) is 0 Å². The van der Waals surface area contributed by atoms with E-state index in [9.17, 15) is 13.2 Å². The van der Waals surface area contributed by atoms with E-state index in [2.05, 4.69) is 4.72 Å². The Morgan fingerprint density at radius 2 is 2.23 bits per heavy atom. The van der Waals surface area contributed by atoms with Crippen molar-refractivity contribution in [2.45, 2.75) is 19.4 Å². The molecule has 0 aromatic rings. The molecule has 0 aromatic carbocycles. The standard InChI is InChI=1S/C6H10N2O4S/c1-5(4-6(9)10)8-13(11,12)3-2-7/h5,8H,3-4H2,1H3,(H,9,10). The van der Waals surface area contributed by atoms with Crippen molar-refractivity contribution in [3.63, 3.8) is 0 Å². The Kier molecular flexibility index (Phi) is 4.37. The first kappa shape index (κ1) is 11.9. The van der Waals surface area contributed by atoms with Crippen molar-refractivity contribution in [1.82, 2.24) is 4.72 Å². The maximum Gasteiger partial charge on any atom is 0.304 e. The number of carboxylic acids is 1. The molecule has 0 rings (SSSR count). The van der Waals surface area contributed by atoms with Crippen LogP contribution in [0.3, 0.4) is 0 Å². The molecule has 0 aliphatic carbocycles. The summed E-state index contributed by atoms with van der Waals surface area (Å²) in [7, 11) is -3.65. The lowest BCUT2D eigenvalue weighted by atomic mass is 10.3. The third kappa shape index (κ3) is 6.07. The van der Waals surface area contributed by atoms with Crippen LogP contribution in [-0.2, 0) is 14.8 Å². The van der Waals surface area contributed by atoms with Gasteiger partial charge in [0.2, 0.25) is 10.0 Å². The molecule has 1 atom stereocenters. The molecule has 0 spiro atoms. The SMILES string of the molecule is CC(CC(=O)O)NS(=O)(=O)CC#N. The largest absolute Gasteiger partial charge is 0.481 e. The molecule has 0 aromatic heterocycles. The van der Waals surface area contributed by atoms with E-state index in [1.54, 1.807) is 0 Å². The topological polar surface area (TPSA) is 107 Å². The van der Waals surface area contributed by atoms with Crippen molar-refractivity contribution in [2.24, 2.45) is 0 Å². The number of nitrogens with one attached hydrogen (secondary N) is 1. The smallest absolute Gasteiger partial charge is 0.304 e. The highest BCUT2D eigenvalue weighted by atomic mass is 32.2. The molecule has 0 bridgehead atoms. The summed E-state index contributed by atoms with van der Waals surface area (Å²) < 4.78 is 23.8. The Hall–Kier alpha value is -1.13. The normalized spacial score (nSPS) is 13.2. The van der Waals surface area contributed by atoms with Gasteiger partial charge in [-0.1, -0.05) is 0 Å². The van der Waals surface area contributed by atoms with Crippen LogP contribution >= 0.6 is 0 Å². The number of carboxylic acid groups (broad SMARTS) is 1. The van der Waals surface area contributed by atoms with Gasteiger partial charge in [-0.25, -0.2) is 13.1 Å². The number of aliphatic carboxylic acids is 1. The lowest BCUT2D eigenvalue weighted by Crippen LogP contribution is -2.35. The van der Waals surface area contributed by atoms with E-state index in [0.29, 0.717) is 0 Å². The van der Waals surface area contributed by atoms with Crippen molar-refractivity contribution in [3.8, 4) is 6.07 Å². The second-order valence-corrected chi connectivity index (χ2v) is 4.29. The van der Waals surface area contributed by atoms with Crippen molar-refractivity contribution in [2.75, 3.05) is 5.75 Å². The summed E-state index contributed by atoms with van der Waals surface area (Å²) in [6.45, 7) is 1.42. The Morgan fingerprint density at radius 3 is 2.62 bits per heavy atom. The van der Waals surface area contributed by atoms with Crippen LogP contribution in [0, 0.1) is 11.3 Å². The minimum Gasteiger partial charge on any atom is -0.481 e. The fourth-order valence-corrected chi connectivity index (χ4v) is 1.69. The van der Waals surface area contributed by atoms with Crippen LogP contribution in [0.4, 0.5) is 0 Å². The average molecular weight is 206 g/mol. The lowest BCUT2D eigenvalue weighted by molar-refractivity contribution is -0.137. The minimum atomic E-state index is -3.65. The van der Waals surface area contributed by atoms with E-state index in [0.717, 1.165) is 0 Å². The summed E-state index contributed by atoms with van der Waals surface area (Å²) >= 11 is 0. The molecule has 0 aliphatic heterocycles. The molecule has 7 heteroatoms. The Morgan fingerprint density at radius 1 is 1.69 bits per heavy atom. The molecule has 6 nitrogen and oxygen atoms in total. The molecule has 0 saturated carbocycles. The lowest BCUT2D eigenvalue weighted by Gasteiger charge is -2.09. The van der Waals surface area contributed by atoms with Gasteiger partial charge in [-0.3, -0.25) is 4.79 Å². The molecule has 74 valence electrons. The van der Waals surface area contributed by atoms with Gasteiger partial charge >= 0.3 is 5.97 Å². The number of carbonyl (C=O) groups is 1. The van der Waals surface area contributed by atoms with Gasteiger partial charge in [-0.05, 0) is 6.92 Å². The van der Waals surface area contributed by atoms with Gasteiger partial charge in [0.1, 0.15) is 0 Å². The number of nitriles is 1. The highest BCUT2D eigenvalue weighted by Crippen LogP contribution is 1.94. The molecule has 0 aliphatic rings. The number of hydrogen-bond donors (Lipinski definition) is 2.